The Morgan fingerprint density at radius 2 is 1.81 bits per heavy atom. The smallest absolute Gasteiger partial charge is 0.232 e. The zero-order valence-electron chi connectivity index (χ0n) is 11.5. The van der Waals surface area contributed by atoms with E-state index in [4.69, 9.17) is 4.52 Å². The van der Waals surface area contributed by atoms with Gasteiger partial charge in [-0.25, -0.2) is 0 Å². The van der Waals surface area contributed by atoms with Crippen LogP contribution in [0.25, 0.3) is 11.4 Å². The lowest BCUT2D eigenvalue weighted by Gasteiger charge is -2.23. The number of anilines is 1. The third-order valence-electron chi connectivity index (χ3n) is 3.85. The average Bonchev–Trinajstić information content (AvgIpc) is 3.05. The van der Waals surface area contributed by atoms with Gasteiger partial charge in [-0.1, -0.05) is 53.7 Å². The highest BCUT2D eigenvalue weighted by molar-refractivity contribution is 5.55. The van der Waals surface area contributed by atoms with Gasteiger partial charge < -0.3 is 9.84 Å². The summed E-state index contributed by atoms with van der Waals surface area (Å²) in [5.41, 5.74) is 3.49. The number of para-hydroxylation sites is 1. The molecule has 1 aliphatic heterocycles. The number of fused-ring (bicyclic) bond motifs is 1. The van der Waals surface area contributed by atoms with Gasteiger partial charge in [-0.05, 0) is 18.1 Å². The van der Waals surface area contributed by atoms with E-state index in [2.05, 4.69) is 33.7 Å². The van der Waals surface area contributed by atoms with Crippen LogP contribution in [0.4, 0.5) is 5.69 Å². The van der Waals surface area contributed by atoms with E-state index in [-0.39, 0.29) is 5.92 Å². The lowest BCUT2D eigenvalue weighted by atomic mass is 9.94. The van der Waals surface area contributed by atoms with E-state index in [1.54, 1.807) is 0 Å². The SMILES string of the molecule is c1ccc(-c2noc(C3CNc4ccccc4C3)n2)cc1. The summed E-state index contributed by atoms with van der Waals surface area (Å²) in [6, 6.07) is 18.3. The van der Waals surface area contributed by atoms with Crippen molar-refractivity contribution in [3.8, 4) is 11.4 Å². The Morgan fingerprint density at radius 1 is 1.00 bits per heavy atom. The molecule has 1 unspecified atom stereocenters. The zero-order valence-corrected chi connectivity index (χ0v) is 11.5. The first kappa shape index (κ1) is 12.1. The fourth-order valence-corrected chi connectivity index (χ4v) is 2.72. The van der Waals surface area contributed by atoms with Gasteiger partial charge in [-0.15, -0.1) is 0 Å². The van der Waals surface area contributed by atoms with E-state index in [1.165, 1.54) is 11.3 Å². The van der Waals surface area contributed by atoms with Crippen molar-refractivity contribution in [3.05, 3.63) is 66.1 Å². The Bertz CT molecular complexity index is 751. The molecule has 0 saturated heterocycles. The van der Waals surface area contributed by atoms with Crippen LogP contribution in [0.3, 0.4) is 0 Å². The van der Waals surface area contributed by atoms with E-state index in [0.717, 1.165) is 18.5 Å². The molecule has 1 aromatic heterocycles. The predicted octanol–water partition coefficient (Wildman–Crippen LogP) is 3.49. The van der Waals surface area contributed by atoms with Gasteiger partial charge in [0.2, 0.25) is 11.7 Å². The minimum atomic E-state index is 0.227. The van der Waals surface area contributed by atoms with E-state index >= 15 is 0 Å². The highest BCUT2D eigenvalue weighted by atomic mass is 16.5. The van der Waals surface area contributed by atoms with E-state index < -0.39 is 0 Å². The molecule has 4 heteroatoms. The molecule has 0 fully saturated rings. The summed E-state index contributed by atoms with van der Waals surface area (Å²) in [7, 11) is 0. The molecule has 4 rings (SSSR count). The molecule has 21 heavy (non-hydrogen) atoms. The molecule has 0 amide bonds. The van der Waals surface area contributed by atoms with Crippen LogP contribution in [0.5, 0.6) is 0 Å². The minimum absolute atomic E-state index is 0.227. The second-order valence-corrected chi connectivity index (χ2v) is 5.26. The molecule has 1 N–H and O–H groups in total. The summed E-state index contributed by atoms with van der Waals surface area (Å²) in [5, 5.41) is 7.54. The zero-order chi connectivity index (χ0) is 14.1. The Morgan fingerprint density at radius 3 is 2.71 bits per heavy atom. The molecule has 1 aliphatic rings. The van der Waals surface area contributed by atoms with Crippen molar-refractivity contribution in [2.24, 2.45) is 0 Å². The Labute approximate surface area is 122 Å². The number of nitrogens with zero attached hydrogens (tertiary/aromatic N) is 2. The molecule has 104 valence electrons. The number of hydrogen-bond donors (Lipinski definition) is 1. The van der Waals surface area contributed by atoms with E-state index in [0.29, 0.717) is 11.7 Å². The Hall–Kier alpha value is -2.62. The molecule has 0 radical (unpaired) electrons. The second kappa shape index (κ2) is 5.05. The first-order valence-electron chi connectivity index (χ1n) is 7.11. The lowest BCUT2D eigenvalue weighted by Crippen LogP contribution is -2.21. The largest absolute Gasteiger partial charge is 0.384 e. The molecule has 2 aromatic carbocycles. The van der Waals surface area contributed by atoms with Crippen LogP contribution >= 0.6 is 0 Å². The van der Waals surface area contributed by atoms with Crippen molar-refractivity contribution in [1.29, 1.82) is 0 Å². The van der Waals surface area contributed by atoms with Crippen molar-refractivity contribution in [1.82, 2.24) is 10.1 Å². The quantitative estimate of drug-likeness (QED) is 0.779. The average molecular weight is 277 g/mol. The molecule has 2 heterocycles. The summed E-state index contributed by atoms with van der Waals surface area (Å²) in [6.45, 7) is 0.827. The van der Waals surface area contributed by atoms with Crippen molar-refractivity contribution in [2.75, 3.05) is 11.9 Å². The normalized spacial score (nSPS) is 17.0. The molecule has 3 aromatic rings. The third kappa shape index (κ3) is 2.29. The van der Waals surface area contributed by atoms with Crippen LogP contribution in [0, 0.1) is 0 Å². The Kier molecular flexibility index (Phi) is 2.92. The Balaban J connectivity index is 1.60. The van der Waals surface area contributed by atoms with Gasteiger partial charge in [0.1, 0.15) is 0 Å². The van der Waals surface area contributed by atoms with Gasteiger partial charge in [0.15, 0.2) is 0 Å². The van der Waals surface area contributed by atoms with Crippen molar-refractivity contribution in [3.63, 3.8) is 0 Å². The molecule has 0 saturated carbocycles. The third-order valence-corrected chi connectivity index (χ3v) is 3.85. The van der Waals surface area contributed by atoms with Gasteiger partial charge in [0, 0.05) is 17.8 Å². The molecule has 0 spiro atoms. The standard InChI is InChI=1S/C17H15N3O/c1-2-6-12(7-3-1)16-19-17(21-20-16)14-10-13-8-4-5-9-15(13)18-11-14/h1-9,14,18H,10-11H2. The number of hydrogen-bond acceptors (Lipinski definition) is 4. The van der Waals surface area contributed by atoms with E-state index in [1.807, 2.05) is 36.4 Å². The maximum absolute atomic E-state index is 5.47. The van der Waals surface area contributed by atoms with Crippen LogP contribution in [0.2, 0.25) is 0 Å². The van der Waals surface area contributed by atoms with Gasteiger partial charge in [-0.3, -0.25) is 0 Å². The summed E-state index contributed by atoms with van der Waals surface area (Å²) in [6.07, 6.45) is 0.930. The van der Waals surface area contributed by atoms with Gasteiger partial charge in [-0.2, -0.15) is 4.98 Å². The fourth-order valence-electron chi connectivity index (χ4n) is 2.72. The fraction of sp³-hybridized carbons (Fsp3) is 0.176. The number of nitrogens with one attached hydrogen (secondary N) is 1. The lowest BCUT2D eigenvalue weighted by molar-refractivity contribution is 0.354. The molecule has 4 nitrogen and oxygen atoms in total. The van der Waals surface area contributed by atoms with E-state index in [9.17, 15) is 0 Å². The first-order valence-corrected chi connectivity index (χ1v) is 7.11. The predicted molar refractivity (Wildman–Crippen MR) is 81.1 cm³/mol. The molecular weight excluding hydrogens is 262 g/mol. The maximum atomic E-state index is 5.47. The van der Waals surface area contributed by atoms with Gasteiger partial charge >= 0.3 is 0 Å². The van der Waals surface area contributed by atoms with Crippen molar-refractivity contribution < 1.29 is 4.52 Å². The van der Waals surface area contributed by atoms with Crippen LogP contribution in [-0.2, 0) is 6.42 Å². The molecule has 1 atom stereocenters. The summed E-state index contributed by atoms with van der Waals surface area (Å²) in [5.74, 6) is 1.59. The van der Waals surface area contributed by atoms with Crippen molar-refractivity contribution in [2.45, 2.75) is 12.3 Å². The number of aromatic nitrogens is 2. The van der Waals surface area contributed by atoms with Crippen LogP contribution in [-0.4, -0.2) is 16.7 Å². The minimum Gasteiger partial charge on any atom is -0.384 e. The molecule has 0 aliphatic carbocycles. The van der Waals surface area contributed by atoms with Crippen LogP contribution < -0.4 is 5.32 Å². The monoisotopic (exact) mass is 277 g/mol. The molecular formula is C17H15N3O. The van der Waals surface area contributed by atoms with Gasteiger partial charge in [0.25, 0.3) is 0 Å². The number of benzene rings is 2. The highest BCUT2D eigenvalue weighted by Gasteiger charge is 2.24. The second-order valence-electron chi connectivity index (χ2n) is 5.26. The summed E-state index contributed by atoms with van der Waals surface area (Å²) >= 11 is 0. The summed E-state index contributed by atoms with van der Waals surface area (Å²) < 4.78 is 5.47. The molecule has 0 bridgehead atoms. The van der Waals surface area contributed by atoms with Gasteiger partial charge in [0.05, 0.1) is 5.92 Å². The van der Waals surface area contributed by atoms with Crippen LogP contribution in [0.15, 0.2) is 59.1 Å². The maximum Gasteiger partial charge on any atom is 0.232 e. The van der Waals surface area contributed by atoms with Crippen molar-refractivity contribution >= 4 is 5.69 Å². The highest BCUT2D eigenvalue weighted by Crippen LogP contribution is 2.30. The summed E-state index contributed by atoms with van der Waals surface area (Å²) in [4.78, 5) is 4.56. The first-order chi connectivity index (χ1) is 10.4. The van der Waals surface area contributed by atoms with Crippen LogP contribution in [0.1, 0.15) is 17.4 Å². The topological polar surface area (TPSA) is 51.0 Å². The number of rotatable bonds is 2.